The highest BCUT2D eigenvalue weighted by molar-refractivity contribution is 5.81. The van der Waals surface area contributed by atoms with E-state index >= 15 is 0 Å². The molecule has 2 aliphatic heterocycles. The van der Waals surface area contributed by atoms with Gasteiger partial charge in [-0.2, -0.15) is 0 Å². The first-order chi connectivity index (χ1) is 8.59. The average Bonchev–Trinajstić information content (AvgIpc) is 2.91. The first-order valence-corrected chi connectivity index (χ1v) is 6.84. The number of urea groups is 1. The molecule has 102 valence electrons. The Kier molecular flexibility index (Phi) is 4.09. The van der Waals surface area contributed by atoms with Crippen molar-refractivity contribution in [3.63, 3.8) is 0 Å². The van der Waals surface area contributed by atoms with Crippen LogP contribution in [0.3, 0.4) is 0 Å². The molecule has 0 saturated carbocycles. The molecule has 0 aromatic carbocycles. The van der Waals surface area contributed by atoms with Crippen molar-refractivity contribution in [1.29, 1.82) is 0 Å². The summed E-state index contributed by atoms with van der Waals surface area (Å²) in [5, 5.41) is 0. The maximum atomic E-state index is 12.3. The lowest BCUT2D eigenvalue weighted by Gasteiger charge is -2.35. The van der Waals surface area contributed by atoms with Crippen LogP contribution in [0.15, 0.2) is 0 Å². The molecule has 3 amide bonds. The number of nitrogens with zero attached hydrogens (tertiary/aromatic N) is 3. The molecule has 0 bridgehead atoms. The van der Waals surface area contributed by atoms with Crippen LogP contribution in [0.5, 0.6) is 0 Å². The molecule has 1 atom stereocenters. The van der Waals surface area contributed by atoms with E-state index in [0.29, 0.717) is 6.54 Å². The van der Waals surface area contributed by atoms with Crippen molar-refractivity contribution >= 4 is 11.9 Å². The molecular weight excluding hydrogens is 230 g/mol. The van der Waals surface area contributed by atoms with Crippen molar-refractivity contribution in [3.8, 4) is 0 Å². The van der Waals surface area contributed by atoms with Crippen LogP contribution in [0.25, 0.3) is 0 Å². The number of piperidine rings is 1. The highest BCUT2D eigenvalue weighted by Crippen LogP contribution is 2.21. The lowest BCUT2D eigenvalue weighted by atomic mass is 9.97. The van der Waals surface area contributed by atoms with Crippen LogP contribution in [0.4, 0.5) is 4.79 Å². The van der Waals surface area contributed by atoms with Crippen LogP contribution in [0, 0.1) is 5.92 Å². The number of amides is 3. The van der Waals surface area contributed by atoms with E-state index < -0.39 is 0 Å². The summed E-state index contributed by atoms with van der Waals surface area (Å²) in [6.07, 6.45) is 4.11. The molecule has 2 heterocycles. The molecule has 2 aliphatic rings. The number of rotatable bonds is 1. The van der Waals surface area contributed by atoms with Gasteiger partial charge in [0.1, 0.15) is 0 Å². The molecule has 2 fully saturated rings. The molecule has 0 aromatic rings. The smallest absolute Gasteiger partial charge is 0.319 e. The number of hydrogen-bond donors (Lipinski definition) is 0. The van der Waals surface area contributed by atoms with Gasteiger partial charge >= 0.3 is 6.03 Å². The van der Waals surface area contributed by atoms with Gasteiger partial charge in [0.15, 0.2) is 0 Å². The molecule has 0 aliphatic carbocycles. The third-order valence-electron chi connectivity index (χ3n) is 3.84. The monoisotopic (exact) mass is 253 g/mol. The second-order valence-corrected chi connectivity index (χ2v) is 5.49. The Morgan fingerprint density at radius 3 is 2.22 bits per heavy atom. The minimum atomic E-state index is 0.0146. The summed E-state index contributed by atoms with van der Waals surface area (Å²) in [6, 6.07) is 0.0221. The van der Waals surface area contributed by atoms with Gasteiger partial charge in [-0.1, -0.05) is 0 Å². The van der Waals surface area contributed by atoms with Crippen LogP contribution < -0.4 is 0 Å². The van der Waals surface area contributed by atoms with Gasteiger partial charge in [-0.25, -0.2) is 4.79 Å². The highest BCUT2D eigenvalue weighted by Gasteiger charge is 2.32. The highest BCUT2D eigenvalue weighted by atomic mass is 16.2. The Labute approximate surface area is 109 Å². The molecule has 0 radical (unpaired) electrons. The zero-order valence-electron chi connectivity index (χ0n) is 11.4. The maximum Gasteiger partial charge on any atom is 0.319 e. The number of hydrogen-bond acceptors (Lipinski definition) is 2. The molecule has 2 saturated heterocycles. The van der Waals surface area contributed by atoms with Crippen LogP contribution in [-0.4, -0.2) is 66.9 Å². The predicted molar refractivity (Wildman–Crippen MR) is 69.2 cm³/mol. The van der Waals surface area contributed by atoms with Crippen LogP contribution in [-0.2, 0) is 4.79 Å². The summed E-state index contributed by atoms with van der Waals surface area (Å²) >= 11 is 0. The average molecular weight is 253 g/mol. The second kappa shape index (κ2) is 5.59. The van der Waals surface area contributed by atoms with Gasteiger partial charge < -0.3 is 14.7 Å². The van der Waals surface area contributed by atoms with Crippen molar-refractivity contribution in [2.75, 3.05) is 40.3 Å². The molecule has 0 aromatic heterocycles. The summed E-state index contributed by atoms with van der Waals surface area (Å²) in [6.45, 7) is 3.17. The van der Waals surface area contributed by atoms with Crippen molar-refractivity contribution in [1.82, 2.24) is 14.7 Å². The van der Waals surface area contributed by atoms with Crippen molar-refractivity contribution in [2.45, 2.75) is 25.7 Å². The van der Waals surface area contributed by atoms with E-state index in [2.05, 4.69) is 0 Å². The van der Waals surface area contributed by atoms with Gasteiger partial charge in [0.2, 0.25) is 5.91 Å². The molecule has 18 heavy (non-hydrogen) atoms. The molecule has 0 spiro atoms. The third kappa shape index (κ3) is 2.76. The Balaban J connectivity index is 1.93. The Bertz CT molecular complexity index is 324. The van der Waals surface area contributed by atoms with E-state index in [1.807, 2.05) is 9.80 Å². The zero-order chi connectivity index (χ0) is 13.1. The van der Waals surface area contributed by atoms with Crippen molar-refractivity contribution in [3.05, 3.63) is 0 Å². The van der Waals surface area contributed by atoms with E-state index in [0.717, 1.165) is 45.3 Å². The van der Waals surface area contributed by atoms with Crippen molar-refractivity contribution in [2.24, 2.45) is 5.92 Å². The van der Waals surface area contributed by atoms with Crippen molar-refractivity contribution < 1.29 is 9.59 Å². The fraction of sp³-hybridized carbons (Fsp3) is 0.846. The van der Waals surface area contributed by atoms with Gasteiger partial charge in [-0.05, 0) is 25.7 Å². The predicted octanol–water partition coefficient (Wildman–Crippen LogP) is 1.00. The SMILES string of the molecule is CN(C)C(=O)N1CCC[C@@H](C(=O)N2CCCC2)C1. The lowest BCUT2D eigenvalue weighted by Crippen LogP contribution is -2.48. The number of carbonyl (C=O) groups excluding carboxylic acids is 2. The maximum absolute atomic E-state index is 12.3. The van der Waals surface area contributed by atoms with Crippen LogP contribution >= 0.6 is 0 Å². The second-order valence-electron chi connectivity index (χ2n) is 5.49. The van der Waals surface area contributed by atoms with Gasteiger partial charge in [-0.15, -0.1) is 0 Å². The van der Waals surface area contributed by atoms with E-state index in [9.17, 15) is 9.59 Å². The van der Waals surface area contributed by atoms with E-state index in [1.165, 1.54) is 0 Å². The van der Waals surface area contributed by atoms with E-state index in [4.69, 9.17) is 0 Å². The summed E-state index contributed by atoms with van der Waals surface area (Å²) in [5.74, 6) is 0.268. The number of carbonyl (C=O) groups is 2. The fourth-order valence-corrected chi connectivity index (χ4v) is 2.83. The van der Waals surface area contributed by atoms with Gasteiger partial charge in [-0.3, -0.25) is 4.79 Å². The Morgan fingerprint density at radius 2 is 1.61 bits per heavy atom. The van der Waals surface area contributed by atoms with Crippen LogP contribution in [0.2, 0.25) is 0 Å². The van der Waals surface area contributed by atoms with E-state index in [1.54, 1.807) is 19.0 Å². The summed E-state index contributed by atoms with van der Waals surface area (Å²) in [4.78, 5) is 29.6. The lowest BCUT2D eigenvalue weighted by molar-refractivity contribution is -0.135. The first kappa shape index (κ1) is 13.2. The largest absolute Gasteiger partial charge is 0.342 e. The summed E-state index contributed by atoms with van der Waals surface area (Å²) in [7, 11) is 3.52. The molecule has 5 nitrogen and oxygen atoms in total. The molecular formula is C13H23N3O2. The molecule has 0 unspecified atom stereocenters. The molecule has 0 N–H and O–H groups in total. The standard InChI is InChI=1S/C13H23N3O2/c1-14(2)13(18)16-9-5-6-11(10-16)12(17)15-7-3-4-8-15/h11H,3-10H2,1-2H3/t11-/m1/s1. The summed E-state index contributed by atoms with van der Waals surface area (Å²) in [5.41, 5.74) is 0. The van der Waals surface area contributed by atoms with Gasteiger partial charge in [0.25, 0.3) is 0 Å². The van der Waals surface area contributed by atoms with Crippen LogP contribution in [0.1, 0.15) is 25.7 Å². The Morgan fingerprint density at radius 1 is 1.00 bits per heavy atom. The summed E-state index contributed by atoms with van der Waals surface area (Å²) < 4.78 is 0. The van der Waals surface area contributed by atoms with Gasteiger partial charge in [0.05, 0.1) is 5.92 Å². The van der Waals surface area contributed by atoms with Gasteiger partial charge in [0, 0.05) is 40.3 Å². The topological polar surface area (TPSA) is 43.9 Å². The quantitative estimate of drug-likeness (QED) is 0.700. The van der Waals surface area contributed by atoms with E-state index in [-0.39, 0.29) is 17.9 Å². The normalized spacial score (nSPS) is 24.2. The third-order valence-corrected chi connectivity index (χ3v) is 3.84. The zero-order valence-corrected chi connectivity index (χ0v) is 11.4. The first-order valence-electron chi connectivity index (χ1n) is 6.84. The molecule has 2 rings (SSSR count). The minimum Gasteiger partial charge on any atom is -0.342 e. The fourth-order valence-electron chi connectivity index (χ4n) is 2.83. The molecule has 5 heteroatoms. The Hall–Kier alpha value is -1.26. The minimum absolute atomic E-state index is 0.0146. The number of likely N-dealkylation sites (tertiary alicyclic amines) is 2.